The third-order valence-corrected chi connectivity index (χ3v) is 7.00. The highest BCUT2D eigenvalue weighted by Crippen LogP contribution is 2.43. The molecule has 0 aliphatic carbocycles. The van der Waals surface area contributed by atoms with Crippen molar-refractivity contribution in [2.75, 3.05) is 19.7 Å². The molecule has 5 rings (SSSR count). The number of benzene rings is 2. The first-order valence-electron chi connectivity index (χ1n) is 11.3. The molecule has 3 heterocycles. The van der Waals surface area contributed by atoms with Gasteiger partial charge in [0.1, 0.15) is 5.75 Å². The monoisotopic (exact) mass is 463 g/mol. The third-order valence-electron chi connectivity index (χ3n) is 6.63. The van der Waals surface area contributed by atoms with Crippen molar-refractivity contribution in [3.05, 3.63) is 83.1 Å². The molecular weight excluding hydrogens is 438 g/mol. The van der Waals surface area contributed by atoms with E-state index in [9.17, 15) is 4.79 Å². The maximum absolute atomic E-state index is 13.1. The quantitative estimate of drug-likeness (QED) is 0.522. The van der Waals surface area contributed by atoms with Crippen LogP contribution in [0.1, 0.15) is 35.2 Å². The highest BCUT2D eigenvalue weighted by molar-refractivity contribution is 6.31. The summed E-state index contributed by atoms with van der Waals surface area (Å²) < 4.78 is 11.9. The topological polar surface area (TPSA) is 64.5 Å². The first kappa shape index (κ1) is 21.9. The van der Waals surface area contributed by atoms with Gasteiger partial charge in [-0.1, -0.05) is 35.9 Å². The summed E-state index contributed by atoms with van der Waals surface area (Å²) in [5, 5.41) is 0.799. The summed E-state index contributed by atoms with van der Waals surface area (Å²) in [5.41, 5.74) is 1.90. The summed E-state index contributed by atoms with van der Waals surface area (Å²) in [6, 6.07) is 17.1. The number of piperidine rings is 1. The highest BCUT2D eigenvalue weighted by Gasteiger charge is 2.43. The van der Waals surface area contributed by atoms with Crippen LogP contribution in [0.3, 0.4) is 0 Å². The van der Waals surface area contributed by atoms with Gasteiger partial charge in [-0.25, -0.2) is 9.97 Å². The lowest BCUT2D eigenvalue weighted by Crippen LogP contribution is -2.43. The fourth-order valence-corrected chi connectivity index (χ4v) is 5.00. The number of ether oxygens (including phenoxy) is 2. The smallest absolute Gasteiger partial charge is 0.321 e. The zero-order chi connectivity index (χ0) is 22.7. The van der Waals surface area contributed by atoms with Gasteiger partial charge in [0, 0.05) is 42.5 Å². The Bertz CT molecular complexity index is 1120. The second-order valence-electron chi connectivity index (χ2n) is 8.89. The van der Waals surface area contributed by atoms with Crippen LogP contribution in [-0.4, -0.2) is 46.6 Å². The number of amides is 1. The molecule has 2 fully saturated rings. The molecule has 1 spiro atoms. The van der Waals surface area contributed by atoms with Gasteiger partial charge >= 0.3 is 6.01 Å². The SMILES string of the molecule is O=C(c1cccc(Oc2ncccn2)c1)N1CCC2(CC1)CO[C@H](Cc1ccccc1Cl)C2. The predicted octanol–water partition coefficient (Wildman–Crippen LogP) is 5.18. The Balaban J connectivity index is 1.18. The van der Waals surface area contributed by atoms with E-state index in [-0.39, 0.29) is 23.4 Å². The van der Waals surface area contributed by atoms with Crippen LogP contribution in [0.2, 0.25) is 5.02 Å². The summed E-state index contributed by atoms with van der Waals surface area (Å²) in [6.07, 6.45) is 7.17. The maximum Gasteiger partial charge on any atom is 0.321 e. The molecule has 2 aliphatic heterocycles. The summed E-state index contributed by atoms with van der Waals surface area (Å²) in [6.45, 7) is 2.21. The Morgan fingerprint density at radius 3 is 2.67 bits per heavy atom. The highest BCUT2D eigenvalue weighted by atomic mass is 35.5. The summed E-state index contributed by atoms with van der Waals surface area (Å²) >= 11 is 6.33. The number of halogens is 1. The van der Waals surface area contributed by atoms with E-state index in [1.165, 1.54) is 0 Å². The Hall–Kier alpha value is -2.96. The second-order valence-corrected chi connectivity index (χ2v) is 9.29. The molecule has 0 saturated carbocycles. The second kappa shape index (κ2) is 9.49. The van der Waals surface area contributed by atoms with Crippen LogP contribution in [-0.2, 0) is 11.2 Å². The average molecular weight is 464 g/mol. The largest absolute Gasteiger partial charge is 0.424 e. The minimum absolute atomic E-state index is 0.0239. The van der Waals surface area contributed by atoms with E-state index >= 15 is 0 Å². The number of hydrogen-bond acceptors (Lipinski definition) is 5. The number of nitrogens with zero attached hydrogens (tertiary/aromatic N) is 3. The van der Waals surface area contributed by atoms with Gasteiger partial charge in [-0.2, -0.15) is 0 Å². The van der Waals surface area contributed by atoms with E-state index in [0.717, 1.165) is 56.0 Å². The fraction of sp³-hybridized carbons (Fsp3) is 0.346. The first-order chi connectivity index (χ1) is 16.1. The van der Waals surface area contributed by atoms with Crippen molar-refractivity contribution >= 4 is 17.5 Å². The molecule has 0 bridgehead atoms. The molecule has 0 radical (unpaired) electrons. The summed E-state index contributed by atoms with van der Waals surface area (Å²) in [4.78, 5) is 23.2. The molecular formula is C26H26ClN3O3. The number of carbonyl (C=O) groups is 1. The number of likely N-dealkylation sites (tertiary alicyclic amines) is 1. The van der Waals surface area contributed by atoms with Crippen LogP contribution in [0.15, 0.2) is 67.0 Å². The van der Waals surface area contributed by atoms with Crippen molar-refractivity contribution in [2.45, 2.75) is 31.8 Å². The summed E-state index contributed by atoms with van der Waals surface area (Å²) in [7, 11) is 0. The molecule has 1 aromatic heterocycles. The van der Waals surface area contributed by atoms with Crippen LogP contribution < -0.4 is 4.74 Å². The minimum atomic E-state index is 0.0239. The van der Waals surface area contributed by atoms with Crippen molar-refractivity contribution < 1.29 is 14.3 Å². The first-order valence-corrected chi connectivity index (χ1v) is 11.7. The van der Waals surface area contributed by atoms with E-state index in [1.807, 2.05) is 35.2 Å². The van der Waals surface area contributed by atoms with Gasteiger partial charge in [-0.15, -0.1) is 0 Å². The third kappa shape index (κ3) is 5.02. The number of rotatable bonds is 5. The molecule has 0 unspecified atom stereocenters. The number of hydrogen-bond donors (Lipinski definition) is 0. The zero-order valence-electron chi connectivity index (χ0n) is 18.3. The van der Waals surface area contributed by atoms with E-state index in [0.29, 0.717) is 11.3 Å². The van der Waals surface area contributed by atoms with Crippen LogP contribution in [0.25, 0.3) is 0 Å². The Kier molecular flexibility index (Phi) is 6.29. The van der Waals surface area contributed by atoms with E-state index in [1.54, 1.807) is 30.6 Å². The molecule has 1 atom stereocenters. The molecule has 6 nitrogen and oxygen atoms in total. The van der Waals surface area contributed by atoms with Gasteiger partial charge < -0.3 is 14.4 Å². The van der Waals surface area contributed by atoms with Gasteiger partial charge in [0.15, 0.2) is 0 Å². The predicted molar refractivity (Wildman–Crippen MR) is 126 cm³/mol. The Morgan fingerprint density at radius 2 is 1.88 bits per heavy atom. The van der Waals surface area contributed by atoms with Gasteiger partial charge in [0.05, 0.1) is 12.7 Å². The molecule has 33 heavy (non-hydrogen) atoms. The van der Waals surface area contributed by atoms with Crippen molar-refractivity contribution in [3.63, 3.8) is 0 Å². The van der Waals surface area contributed by atoms with Gasteiger partial charge in [-0.3, -0.25) is 4.79 Å². The molecule has 2 aromatic carbocycles. The van der Waals surface area contributed by atoms with E-state index in [2.05, 4.69) is 16.0 Å². The average Bonchev–Trinajstić information content (AvgIpc) is 3.23. The molecule has 1 amide bonds. The lowest BCUT2D eigenvalue weighted by molar-refractivity contribution is 0.0496. The van der Waals surface area contributed by atoms with Crippen LogP contribution in [0.4, 0.5) is 0 Å². The molecule has 0 N–H and O–H groups in total. The van der Waals surface area contributed by atoms with Crippen molar-refractivity contribution in [1.29, 1.82) is 0 Å². The molecule has 2 saturated heterocycles. The Morgan fingerprint density at radius 1 is 1.09 bits per heavy atom. The van der Waals surface area contributed by atoms with Gasteiger partial charge in [-0.05, 0) is 60.6 Å². The zero-order valence-corrected chi connectivity index (χ0v) is 19.1. The van der Waals surface area contributed by atoms with Crippen LogP contribution >= 0.6 is 11.6 Å². The normalized spacial score (nSPS) is 19.5. The molecule has 7 heteroatoms. The summed E-state index contributed by atoms with van der Waals surface area (Å²) in [5.74, 6) is 0.572. The van der Waals surface area contributed by atoms with Crippen molar-refractivity contribution in [2.24, 2.45) is 5.41 Å². The molecule has 3 aromatic rings. The van der Waals surface area contributed by atoms with E-state index < -0.39 is 0 Å². The molecule has 170 valence electrons. The lowest BCUT2D eigenvalue weighted by Gasteiger charge is -2.38. The minimum Gasteiger partial charge on any atom is -0.424 e. The fourth-order valence-electron chi connectivity index (χ4n) is 4.79. The van der Waals surface area contributed by atoms with Gasteiger partial charge in [0.25, 0.3) is 5.91 Å². The number of carbonyl (C=O) groups excluding carboxylic acids is 1. The lowest BCUT2D eigenvalue weighted by atomic mass is 9.76. The van der Waals surface area contributed by atoms with Crippen LogP contribution in [0, 0.1) is 5.41 Å². The van der Waals surface area contributed by atoms with Crippen LogP contribution in [0.5, 0.6) is 11.8 Å². The Labute approximate surface area is 198 Å². The van der Waals surface area contributed by atoms with Crippen molar-refractivity contribution in [3.8, 4) is 11.8 Å². The maximum atomic E-state index is 13.1. The standard InChI is InChI=1S/C26H26ClN3O3/c27-23-8-2-1-5-19(23)15-22-17-26(18-32-22)9-13-30(14-10-26)24(31)20-6-3-7-21(16-20)33-25-28-11-4-12-29-25/h1-8,11-12,16,22H,9-10,13-15,17-18H2/t22-/m1/s1. The van der Waals surface area contributed by atoms with E-state index in [4.69, 9.17) is 21.1 Å². The van der Waals surface area contributed by atoms with Crippen molar-refractivity contribution in [1.82, 2.24) is 14.9 Å². The number of aromatic nitrogens is 2. The molecule has 2 aliphatic rings. The van der Waals surface area contributed by atoms with Gasteiger partial charge in [0.2, 0.25) is 0 Å².